The standard InChI is InChI=1S/C16H23N7O/c1-21(2)14-10-13(18-11-19-14)20-12-4-7-23(8-5-12)15-16(24)22(3)9-6-17-15/h6,9-12H,4-5,7-8H2,1-3H3,(H,18,19,20). The summed E-state index contributed by atoms with van der Waals surface area (Å²) in [5.41, 5.74) is -0.0460. The van der Waals surface area contributed by atoms with Gasteiger partial charge in [0, 0.05) is 58.7 Å². The zero-order chi connectivity index (χ0) is 17.1. The van der Waals surface area contributed by atoms with Crippen molar-refractivity contribution in [1.29, 1.82) is 0 Å². The molecule has 128 valence electrons. The van der Waals surface area contributed by atoms with E-state index in [2.05, 4.69) is 25.2 Å². The summed E-state index contributed by atoms with van der Waals surface area (Å²) in [6, 6.07) is 2.28. The Labute approximate surface area is 141 Å². The number of rotatable bonds is 4. The summed E-state index contributed by atoms with van der Waals surface area (Å²) in [4.78, 5) is 28.9. The first kappa shape index (κ1) is 16.2. The Bertz CT molecular complexity index is 750. The molecule has 0 spiro atoms. The van der Waals surface area contributed by atoms with Gasteiger partial charge < -0.3 is 19.7 Å². The van der Waals surface area contributed by atoms with Crippen LogP contribution in [0.1, 0.15) is 12.8 Å². The minimum absolute atomic E-state index is 0.0460. The van der Waals surface area contributed by atoms with Crippen LogP contribution in [0.15, 0.2) is 29.6 Å². The largest absolute Gasteiger partial charge is 0.367 e. The topological polar surface area (TPSA) is 79.2 Å². The molecule has 0 unspecified atom stereocenters. The van der Waals surface area contributed by atoms with Gasteiger partial charge in [0.25, 0.3) is 5.56 Å². The van der Waals surface area contributed by atoms with Crippen molar-refractivity contribution in [3.8, 4) is 0 Å². The lowest BCUT2D eigenvalue weighted by atomic mass is 10.1. The predicted octanol–water partition coefficient (Wildman–Crippen LogP) is 0.717. The third-order valence-electron chi connectivity index (χ3n) is 4.26. The van der Waals surface area contributed by atoms with E-state index in [4.69, 9.17) is 0 Å². The Morgan fingerprint density at radius 3 is 2.67 bits per heavy atom. The quantitative estimate of drug-likeness (QED) is 0.885. The normalized spacial score (nSPS) is 15.4. The third-order valence-corrected chi connectivity index (χ3v) is 4.26. The van der Waals surface area contributed by atoms with Gasteiger partial charge in [0.05, 0.1) is 0 Å². The number of aromatic nitrogens is 4. The van der Waals surface area contributed by atoms with Crippen LogP contribution in [-0.4, -0.2) is 52.7 Å². The molecule has 3 rings (SSSR count). The van der Waals surface area contributed by atoms with Crippen LogP contribution in [-0.2, 0) is 7.05 Å². The monoisotopic (exact) mass is 329 g/mol. The Kier molecular flexibility index (Phi) is 4.64. The van der Waals surface area contributed by atoms with Gasteiger partial charge in [-0.1, -0.05) is 0 Å². The molecule has 2 aromatic heterocycles. The van der Waals surface area contributed by atoms with Crippen molar-refractivity contribution in [3.05, 3.63) is 35.1 Å². The fraction of sp³-hybridized carbons (Fsp3) is 0.500. The summed E-state index contributed by atoms with van der Waals surface area (Å²) in [6.07, 6.45) is 6.79. The second kappa shape index (κ2) is 6.86. The average molecular weight is 329 g/mol. The molecule has 0 radical (unpaired) electrons. The van der Waals surface area contributed by atoms with Gasteiger partial charge in [0.2, 0.25) is 0 Å². The van der Waals surface area contributed by atoms with Crippen molar-refractivity contribution in [2.24, 2.45) is 7.05 Å². The fourth-order valence-corrected chi connectivity index (χ4v) is 2.82. The van der Waals surface area contributed by atoms with E-state index in [-0.39, 0.29) is 5.56 Å². The number of hydrogen-bond donors (Lipinski definition) is 1. The van der Waals surface area contributed by atoms with Crippen molar-refractivity contribution < 1.29 is 0 Å². The fourth-order valence-electron chi connectivity index (χ4n) is 2.82. The highest BCUT2D eigenvalue weighted by atomic mass is 16.1. The van der Waals surface area contributed by atoms with Crippen molar-refractivity contribution in [1.82, 2.24) is 19.5 Å². The minimum Gasteiger partial charge on any atom is -0.367 e. The zero-order valence-corrected chi connectivity index (χ0v) is 14.3. The van der Waals surface area contributed by atoms with Gasteiger partial charge in [-0.25, -0.2) is 15.0 Å². The molecule has 2 aromatic rings. The lowest BCUT2D eigenvalue weighted by Crippen LogP contribution is -2.42. The van der Waals surface area contributed by atoms with Crippen LogP contribution in [0.25, 0.3) is 0 Å². The molecule has 0 bridgehead atoms. The van der Waals surface area contributed by atoms with E-state index in [1.54, 1.807) is 30.3 Å². The number of piperidine rings is 1. The van der Waals surface area contributed by atoms with Gasteiger partial charge in [-0.3, -0.25) is 4.79 Å². The van der Waals surface area contributed by atoms with Gasteiger partial charge in [-0.2, -0.15) is 0 Å². The van der Waals surface area contributed by atoms with Crippen molar-refractivity contribution >= 4 is 17.5 Å². The molecule has 0 aliphatic carbocycles. The maximum Gasteiger partial charge on any atom is 0.293 e. The summed E-state index contributed by atoms with van der Waals surface area (Å²) >= 11 is 0. The van der Waals surface area contributed by atoms with Crippen molar-refractivity contribution in [2.75, 3.05) is 42.3 Å². The maximum absolute atomic E-state index is 12.2. The van der Waals surface area contributed by atoms with Gasteiger partial charge in [0.1, 0.15) is 18.0 Å². The van der Waals surface area contributed by atoms with E-state index < -0.39 is 0 Å². The summed E-state index contributed by atoms with van der Waals surface area (Å²) in [5.74, 6) is 2.25. The van der Waals surface area contributed by atoms with Crippen LogP contribution in [0, 0.1) is 0 Å². The Hall–Kier alpha value is -2.64. The third kappa shape index (κ3) is 3.47. The highest BCUT2D eigenvalue weighted by molar-refractivity contribution is 5.48. The second-order valence-electron chi connectivity index (χ2n) is 6.23. The van der Waals surface area contributed by atoms with E-state index in [1.807, 2.05) is 25.1 Å². The molecule has 1 fully saturated rings. The summed E-state index contributed by atoms with van der Waals surface area (Å²) in [6.45, 7) is 1.60. The van der Waals surface area contributed by atoms with Gasteiger partial charge in [-0.15, -0.1) is 0 Å². The van der Waals surface area contributed by atoms with Crippen LogP contribution in [0.4, 0.5) is 17.5 Å². The summed E-state index contributed by atoms with van der Waals surface area (Å²) < 4.78 is 1.57. The van der Waals surface area contributed by atoms with Crippen LogP contribution >= 0.6 is 0 Å². The predicted molar refractivity (Wildman–Crippen MR) is 94.7 cm³/mol. The lowest BCUT2D eigenvalue weighted by Gasteiger charge is -2.33. The number of anilines is 3. The van der Waals surface area contributed by atoms with Gasteiger partial charge >= 0.3 is 0 Å². The van der Waals surface area contributed by atoms with E-state index in [9.17, 15) is 4.79 Å². The first-order valence-electron chi connectivity index (χ1n) is 8.07. The number of nitrogens with zero attached hydrogens (tertiary/aromatic N) is 6. The van der Waals surface area contributed by atoms with E-state index in [0.717, 1.165) is 37.6 Å². The zero-order valence-electron chi connectivity index (χ0n) is 14.3. The van der Waals surface area contributed by atoms with E-state index in [1.165, 1.54) is 0 Å². The molecule has 8 nitrogen and oxygen atoms in total. The molecule has 0 aromatic carbocycles. The van der Waals surface area contributed by atoms with Crippen molar-refractivity contribution in [3.63, 3.8) is 0 Å². The van der Waals surface area contributed by atoms with Gasteiger partial charge in [0.15, 0.2) is 5.82 Å². The van der Waals surface area contributed by atoms with Crippen LogP contribution in [0.3, 0.4) is 0 Å². The molecular formula is C16H23N7O. The van der Waals surface area contributed by atoms with Gasteiger partial charge in [-0.05, 0) is 12.8 Å². The summed E-state index contributed by atoms with van der Waals surface area (Å²) in [7, 11) is 5.66. The SMILES string of the molecule is CN(C)c1cc(NC2CCN(c3nccn(C)c3=O)CC2)ncn1. The van der Waals surface area contributed by atoms with Crippen LogP contribution < -0.4 is 20.7 Å². The molecule has 1 aliphatic rings. The van der Waals surface area contributed by atoms with Crippen LogP contribution in [0.5, 0.6) is 0 Å². The Morgan fingerprint density at radius 2 is 1.96 bits per heavy atom. The minimum atomic E-state index is -0.0460. The molecule has 24 heavy (non-hydrogen) atoms. The molecule has 0 saturated carbocycles. The summed E-state index contributed by atoms with van der Waals surface area (Å²) in [5, 5.41) is 3.47. The highest BCUT2D eigenvalue weighted by Crippen LogP contribution is 2.19. The first-order valence-corrected chi connectivity index (χ1v) is 8.07. The molecule has 1 saturated heterocycles. The molecule has 3 heterocycles. The van der Waals surface area contributed by atoms with Crippen LogP contribution in [0.2, 0.25) is 0 Å². The molecule has 1 N–H and O–H groups in total. The average Bonchev–Trinajstić information content (AvgIpc) is 2.58. The lowest BCUT2D eigenvalue weighted by molar-refractivity contribution is 0.519. The maximum atomic E-state index is 12.2. The highest BCUT2D eigenvalue weighted by Gasteiger charge is 2.22. The molecule has 1 aliphatic heterocycles. The molecule has 0 atom stereocenters. The van der Waals surface area contributed by atoms with E-state index >= 15 is 0 Å². The molecular weight excluding hydrogens is 306 g/mol. The number of aryl methyl sites for hydroxylation is 1. The second-order valence-corrected chi connectivity index (χ2v) is 6.23. The van der Waals surface area contributed by atoms with Crippen molar-refractivity contribution in [2.45, 2.75) is 18.9 Å². The Balaban J connectivity index is 1.62. The number of hydrogen-bond acceptors (Lipinski definition) is 7. The first-order chi connectivity index (χ1) is 11.5. The molecule has 8 heteroatoms. The van der Waals surface area contributed by atoms with E-state index in [0.29, 0.717) is 11.9 Å². The smallest absolute Gasteiger partial charge is 0.293 e. The molecule has 0 amide bonds. The number of nitrogens with one attached hydrogen (secondary N) is 1. The Morgan fingerprint density at radius 1 is 1.21 bits per heavy atom.